The van der Waals surface area contributed by atoms with Crippen molar-refractivity contribution in [2.45, 2.75) is 83.0 Å². The summed E-state index contributed by atoms with van der Waals surface area (Å²) in [6.07, 6.45) is 15.9. The molecule has 2 amide bonds. The summed E-state index contributed by atoms with van der Waals surface area (Å²) in [5.74, 6) is -0.899. The van der Waals surface area contributed by atoms with Gasteiger partial charge in [0.2, 0.25) is 5.43 Å². The van der Waals surface area contributed by atoms with Gasteiger partial charge in [0, 0.05) is 50.5 Å². The maximum atomic E-state index is 13.2. The zero-order valence-corrected chi connectivity index (χ0v) is 19.6. The van der Waals surface area contributed by atoms with E-state index >= 15 is 0 Å². The predicted octanol–water partition coefficient (Wildman–Crippen LogP) is 3.20. The molecule has 2 aromatic heterocycles. The highest BCUT2D eigenvalue weighted by molar-refractivity contribution is 5.99. The second-order valence-corrected chi connectivity index (χ2v) is 9.30. The average molecular weight is 467 g/mol. The Kier molecular flexibility index (Phi) is 8.46. The van der Waals surface area contributed by atoms with Crippen LogP contribution in [0.4, 0.5) is 0 Å². The van der Waals surface area contributed by atoms with Crippen molar-refractivity contribution in [2.75, 3.05) is 6.61 Å². The molecule has 2 fully saturated rings. The van der Waals surface area contributed by atoms with Crippen LogP contribution in [0.25, 0.3) is 0 Å². The Morgan fingerprint density at radius 2 is 1.62 bits per heavy atom. The lowest BCUT2D eigenvalue weighted by Crippen LogP contribution is -2.40. The van der Waals surface area contributed by atoms with Crippen molar-refractivity contribution in [1.82, 2.24) is 20.2 Å². The quantitative estimate of drug-likeness (QED) is 0.652. The summed E-state index contributed by atoms with van der Waals surface area (Å²) in [5, 5.41) is 5.86. The Morgan fingerprint density at radius 3 is 2.29 bits per heavy atom. The number of pyridine rings is 2. The molecule has 1 aliphatic carbocycles. The molecule has 0 aromatic carbocycles. The first-order chi connectivity index (χ1) is 16.6. The molecule has 1 atom stereocenters. The third kappa shape index (κ3) is 6.53. The third-order valence-electron chi connectivity index (χ3n) is 6.65. The minimum absolute atomic E-state index is 0.0108. The van der Waals surface area contributed by atoms with Gasteiger partial charge in [-0.25, -0.2) is 0 Å². The summed E-state index contributed by atoms with van der Waals surface area (Å²) in [5.41, 5.74) is 0.314. The van der Waals surface area contributed by atoms with Crippen LogP contribution in [-0.4, -0.2) is 40.1 Å². The highest BCUT2D eigenvalue weighted by Gasteiger charge is 2.23. The molecule has 1 aliphatic heterocycles. The Morgan fingerprint density at radius 1 is 0.941 bits per heavy atom. The van der Waals surface area contributed by atoms with E-state index in [0.29, 0.717) is 13.2 Å². The zero-order valence-electron chi connectivity index (χ0n) is 19.6. The normalized spacial score (nSPS) is 19.2. The molecule has 0 spiro atoms. The first-order valence-corrected chi connectivity index (χ1v) is 12.4. The summed E-state index contributed by atoms with van der Waals surface area (Å²) < 4.78 is 7.49. The van der Waals surface area contributed by atoms with Gasteiger partial charge in [-0.05, 0) is 43.4 Å². The molecule has 1 unspecified atom stereocenters. The van der Waals surface area contributed by atoms with Crippen LogP contribution in [0.15, 0.2) is 41.7 Å². The van der Waals surface area contributed by atoms with E-state index in [1.807, 2.05) is 0 Å². The molecular formula is C26H34N4O4. The Labute approximate surface area is 200 Å². The molecule has 8 heteroatoms. The van der Waals surface area contributed by atoms with Gasteiger partial charge in [-0.15, -0.1) is 0 Å². The number of carbonyl (C=O) groups excluding carboxylic acids is 2. The molecule has 2 N–H and O–H groups in total. The van der Waals surface area contributed by atoms with E-state index < -0.39 is 17.2 Å². The predicted molar refractivity (Wildman–Crippen MR) is 129 cm³/mol. The molecule has 0 radical (unpaired) electrons. The lowest BCUT2D eigenvalue weighted by molar-refractivity contribution is 0.0914. The maximum absolute atomic E-state index is 13.2. The topological polar surface area (TPSA) is 102 Å². The van der Waals surface area contributed by atoms with Crippen LogP contribution in [0.3, 0.4) is 0 Å². The number of nitrogens with one attached hydrogen (secondary N) is 2. The standard InChI is InChI=1S/C26H34N4O4/c31-24-22(25(32)28-15-19-10-12-27-13-11-19)17-30(16-21-9-6-14-34-21)18-23(24)26(33)29-20-7-4-2-1-3-5-8-20/h10-13,17-18,20-21H,1-9,14-16H2,(H,28,32)(H,29,33). The molecule has 1 saturated carbocycles. The van der Waals surface area contributed by atoms with Crippen molar-refractivity contribution in [3.8, 4) is 0 Å². The maximum Gasteiger partial charge on any atom is 0.257 e. The summed E-state index contributed by atoms with van der Waals surface area (Å²) >= 11 is 0. The molecule has 8 nitrogen and oxygen atoms in total. The monoisotopic (exact) mass is 466 g/mol. The lowest BCUT2D eigenvalue weighted by atomic mass is 9.96. The van der Waals surface area contributed by atoms with Crippen LogP contribution < -0.4 is 16.1 Å². The van der Waals surface area contributed by atoms with Crippen molar-refractivity contribution in [3.63, 3.8) is 0 Å². The second-order valence-electron chi connectivity index (χ2n) is 9.30. The van der Waals surface area contributed by atoms with E-state index in [1.54, 1.807) is 41.5 Å². The van der Waals surface area contributed by atoms with Crippen LogP contribution in [0.1, 0.15) is 84.1 Å². The van der Waals surface area contributed by atoms with E-state index in [0.717, 1.165) is 44.1 Å². The summed E-state index contributed by atoms with van der Waals surface area (Å²) in [6.45, 7) is 1.47. The number of hydrogen-bond donors (Lipinski definition) is 2. The Hall–Kier alpha value is -3.00. The van der Waals surface area contributed by atoms with E-state index in [9.17, 15) is 14.4 Å². The fourth-order valence-electron chi connectivity index (χ4n) is 4.73. The van der Waals surface area contributed by atoms with E-state index in [1.165, 1.54) is 19.3 Å². The Bertz CT molecular complexity index is 1020. The molecule has 2 aromatic rings. The highest BCUT2D eigenvalue weighted by atomic mass is 16.5. The van der Waals surface area contributed by atoms with E-state index in [2.05, 4.69) is 15.6 Å². The van der Waals surface area contributed by atoms with Gasteiger partial charge < -0.3 is 19.9 Å². The minimum atomic E-state index is -0.542. The average Bonchev–Trinajstić information content (AvgIpc) is 3.34. The number of carbonyl (C=O) groups is 2. The SMILES string of the molecule is O=C(NCc1ccncc1)c1cn(CC2CCCO2)cc(C(=O)NC2CCCCCCC2)c1=O. The van der Waals surface area contributed by atoms with Crippen LogP contribution in [-0.2, 0) is 17.8 Å². The molecule has 1 saturated heterocycles. The number of nitrogens with zero attached hydrogens (tertiary/aromatic N) is 2. The molecule has 34 heavy (non-hydrogen) atoms. The van der Waals surface area contributed by atoms with Gasteiger partial charge >= 0.3 is 0 Å². The molecule has 4 rings (SSSR count). The molecule has 3 heterocycles. The molecule has 0 bridgehead atoms. The fourth-order valence-corrected chi connectivity index (χ4v) is 4.73. The van der Waals surface area contributed by atoms with Gasteiger partial charge in [-0.1, -0.05) is 32.1 Å². The van der Waals surface area contributed by atoms with Gasteiger partial charge in [0.25, 0.3) is 11.8 Å². The van der Waals surface area contributed by atoms with Crippen molar-refractivity contribution in [2.24, 2.45) is 0 Å². The second kappa shape index (κ2) is 11.9. The van der Waals surface area contributed by atoms with Crippen molar-refractivity contribution < 1.29 is 14.3 Å². The minimum Gasteiger partial charge on any atom is -0.376 e. The number of ether oxygens (including phenoxy) is 1. The largest absolute Gasteiger partial charge is 0.376 e. The van der Waals surface area contributed by atoms with E-state index in [-0.39, 0.29) is 29.8 Å². The number of hydrogen-bond acceptors (Lipinski definition) is 5. The van der Waals surface area contributed by atoms with Crippen molar-refractivity contribution in [3.05, 3.63) is 63.8 Å². The molecular weight excluding hydrogens is 432 g/mol. The Balaban J connectivity index is 1.55. The zero-order chi connectivity index (χ0) is 23.8. The van der Waals surface area contributed by atoms with Gasteiger partial charge in [0.15, 0.2) is 0 Å². The summed E-state index contributed by atoms with van der Waals surface area (Å²) in [7, 11) is 0. The van der Waals surface area contributed by atoms with Gasteiger partial charge in [-0.3, -0.25) is 19.4 Å². The van der Waals surface area contributed by atoms with Crippen molar-refractivity contribution >= 4 is 11.8 Å². The number of amides is 2. The van der Waals surface area contributed by atoms with Crippen LogP contribution >= 0.6 is 0 Å². The third-order valence-corrected chi connectivity index (χ3v) is 6.65. The summed E-state index contributed by atoms with van der Waals surface area (Å²) in [6, 6.07) is 3.66. The first kappa shape index (κ1) is 24.1. The lowest BCUT2D eigenvalue weighted by Gasteiger charge is -2.21. The van der Waals surface area contributed by atoms with E-state index in [4.69, 9.17) is 4.74 Å². The number of rotatable bonds is 7. The van der Waals surface area contributed by atoms with Crippen LogP contribution in [0, 0.1) is 0 Å². The molecule has 2 aliphatic rings. The van der Waals surface area contributed by atoms with Crippen molar-refractivity contribution in [1.29, 1.82) is 0 Å². The summed E-state index contributed by atoms with van der Waals surface area (Å²) in [4.78, 5) is 43.4. The van der Waals surface area contributed by atoms with Gasteiger partial charge in [0.05, 0.1) is 6.10 Å². The highest BCUT2D eigenvalue weighted by Crippen LogP contribution is 2.18. The molecule has 182 valence electrons. The smallest absolute Gasteiger partial charge is 0.257 e. The van der Waals surface area contributed by atoms with Crippen LogP contribution in [0.5, 0.6) is 0 Å². The van der Waals surface area contributed by atoms with Crippen LogP contribution in [0.2, 0.25) is 0 Å². The first-order valence-electron chi connectivity index (χ1n) is 12.4. The fraction of sp³-hybridized carbons (Fsp3) is 0.538. The van der Waals surface area contributed by atoms with Gasteiger partial charge in [0.1, 0.15) is 11.1 Å². The van der Waals surface area contributed by atoms with Gasteiger partial charge in [-0.2, -0.15) is 0 Å². The number of aromatic nitrogens is 2.